The van der Waals surface area contributed by atoms with E-state index in [2.05, 4.69) is 5.32 Å². The molecule has 9 heteroatoms. The average Bonchev–Trinajstić information content (AvgIpc) is 2.84. The molecule has 0 aliphatic heterocycles. The number of hydrogen-bond acceptors (Lipinski definition) is 5. The Morgan fingerprint density at radius 3 is 2.22 bits per heavy atom. The summed E-state index contributed by atoms with van der Waals surface area (Å²) in [6.45, 7) is 8.43. The van der Waals surface area contributed by atoms with Crippen LogP contribution in [0.15, 0.2) is 54.6 Å². The predicted molar refractivity (Wildman–Crippen MR) is 148 cm³/mol. The van der Waals surface area contributed by atoms with Gasteiger partial charge in [-0.3, -0.25) is 13.9 Å². The summed E-state index contributed by atoms with van der Waals surface area (Å²) in [5.74, 6) is 0.123. The maximum absolute atomic E-state index is 13.4. The van der Waals surface area contributed by atoms with Crippen molar-refractivity contribution >= 4 is 27.5 Å². The van der Waals surface area contributed by atoms with Crippen LogP contribution in [-0.4, -0.2) is 63.2 Å². The molecule has 1 atom stereocenters. The third kappa shape index (κ3) is 9.39. The van der Waals surface area contributed by atoms with E-state index in [-0.39, 0.29) is 30.8 Å². The molecule has 2 aromatic rings. The normalized spacial score (nSPS) is 12.2. The zero-order valence-electron chi connectivity index (χ0n) is 22.6. The van der Waals surface area contributed by atoms with Crippen molar-refractivity contribution < 1.29 is 22.7 Å². The zero-order chi connectivity index (χ0) is 27.4. The highest BCUT2D eigenvalue weighted by molar-refractivity contribution is 7.92. The number of rotatable bonds is 15. The summed E-state index contributed by atoms with van der Waals surface area (Å²) in [6.07, 6.45) is 2.66. The molecule has 8 nitrogen and oxygen atoms in total. The number of para-hydroxylation sites is 2. The lowest BCUT2D eigenvalue weighted by atomic mass is 10.1. The maximum Gasteiger partial charge on any atom is 0.242 e. The summed E-state index contributed by atoms with van der Waals surface area (Å²) in [4.78, 5) is 28.0. The monoisotopic (exact) mass is 531 g/mol. The molecule has 0 aliphatic carbocycles. The summed E-state index contributed by atoms with van der Waals surface area (Å²) in [7, 11) is -3.61. The first-order valence-electron chi connectivity index (χ1n) is 12.9. The number of carbonyl (C=O) groups excluding carboxylic acids is 2. The first-order valence-corrected chi connectivity index (χ1v) is 14.8. The number of nitrogens with one attached hydrogen (secondary N) is 1. The molecule has 0 aromatic heterocycles. The molecule has 0 radical (unpaired) electrons. The van der Waals surface area contributed by atoms with Crippen molar-refractivity contribution in [2.24, 2.45) is 0 Å². The van der Waals surface area contributed by atoms with Crippen LogP contribution >= 0.6 is 0 Å². The number of amides is 2. The molecule has 1 N–H and O–H groups in total. The maximum atomic E-state index is 13.4. The van der Waals surface area contributed by atoms with Gasteiger partial charge in [0.2, 0.25) is 21.8 Å². The topological polar surface area (TPSA) is 96.0 Å². The Balaban J connectivity index is 2.19. The van der Waals surface area contributed by atoms with E-state index in [1.165, 1.54) is 4.31 Å². The van der Waals surface area contributed by atoms with E-state index < -0.39 is 16.1 Å². The average molecular weight is 532 g/mol. The molecule has 0 aliphatic rings. The first kappa shape index (κ1) is 30.2. The second-order valence-electron chi connectivity index (χ2n) is 9.25. The third-order valence-electron chi connectivity index (χ3n) is 5.89. The second-order valence-corrected chi connectivity index (χ2v) is 11.2. The smallest absolute Gasteiger partial charge is 0.242 e. The Labute approximate surface area is 222 Å². The number of hydrogen-bond donors (Lipinski definition) is 1. The Morgan fingerprint density at radius 1 is 0.973 bits per heavy atom. The van der Waals surface area contributed by atoms with Gasteiger partial charge in [0.1, 0.15) is 11.8 Å². The Bertz CT molecular complexity index is 1110. The Kier molecular flexibility index (Phi) is 11.9. The molecular weight excluding hydrogens is 490 g/mol. The van der Waals surface area contributed by atoms with E-state index in [1.807, 2.05) is 58.0 Å². The van der Waals surface area contributed by atoms with E-state index in [0.717, 1.165) is 11.8 Å². The highest BCUT2D eigenvalue weighted by Crippen LogP contribution is 2.30. The minimum Gasteiger partial charge on any atom is -0.492 e. The van der Waals surface area contributed by atoms with Crippen molar-refractivity contribution in [2.45, 2.75) is 65.5 Å². The molecular formula is C28H41N3O5S. The standard InChI is InChI=1S/C28H41N3O5S/c1-6-24(28(33)29-22(3)4)30(21-19-23-14-9-8-10-15-23)27(32)18-13-20-31(37(5,34)35)25-16-11-12-17-26(25)36-7-2/h8-12,14-17,22,24H,6-7,13,18-21H2,1-5H3,(H,29,33)/t24-/m1/s1. The van der Waals surface area contributed by atoms with Gasteiger partial charge < -0.3 is 15.0 Å². The number of nitrogens with zero attached hydrogens (tertiary/aromatic N) is 2. The quantitative estimate of drug-likeness (QED) is 0.375. The van der Waals surface area contributed by atoms with Crippen molar-refractivity contribution in [3.05, 3.63) is 60.2 Å². The summed E-state index contributed by atoms with van der Waals surface area (Å²) in [6, 6.07) is 16.2. The number of benzene rings is 2. The van der Waals surface area contributed by atoms with Gasteiger partial charge in [-0.25, -0.2) is 8.42 Å². The van der Waals surface area contributed by atoms with Crippen molar-refractivity contribution in [3.8, 4) is 5.75 Å². The summed E-state index contributed by atoms with van der Waals surface area (Å²) in [5.41, 5.74) is 1.53. The van der Waals surface area contributed by atoms with Gasteiger partial charge in [-0.15, -0.1) is 0 Å². The van der Waals surface area contributed by atoms with Gasteiger partial charge in [0.25, 0.3) is 0 Å². The van der Waals surface area contributed by atoms with Crippen LogP contribution in [0, 0.1) is 0 Å². The van der Waals surface area contributed by atoms with Crippen LogP contribution in [0.2, 0.25) is 0 Å². The second kappa shape index (κ2) is 14.6. The number of anilines is 1. The first-order chi connectivity index (χ1) is 17.6. The SMILES string of the molecule is CCOc1ccccc1N(CCCC(=O)N(CCc1ccccc1)[C@H](CC)C(=O)NC(C)C)S(C)(=O)=O. The van der Waals surface area contributed by atoms with E-state index in [9.17, 15) is 18.0 Å². The van der Waals surface area contributed by atoms with Crippen LogP contribution in [0.1, 0.15) is 52.5 Å². The van der Waals surface area contributed by atoms with Crippen LogP contribution in [0.5, 0.6) is 5.75 Å². The lowest BCUT2D eigenvalue weighted by molar-refractivity contribution is -0.141. The molecule has 0 spiro atoms. The molecule has 0 bridgehead atoms. The van der Waals surface area contributed by atoms with Crippen LogP contribution < -0.4 is 14.4 Å². The van der Waals surface area contributed by atoms with E-state index >= 15 is 0 Å². The van der Waals surface area contributed by atoms with Gasteiger partial charge in [0.15, 0.2) is 0 Å². The minimum absolute atomic E-state index is 0.0404. The predicted octanol–water partition coefficient (Wildman–Crippen LogP) is 4.01. The fraction of sp³-hybridized carbons (Fsp3) is 0.500. The molecule has 37 heavy (non-hydrogen) atoms. The lowest BCUT2D eigenvalue weighted by Gasteiger charge is -2.31. The molecule has 0 unspecified atom stereocenters. The van der Waals surface area contributed by atoms with Crippen LogP contribution in [-0.2, 0) is 26.0 Å². The molecule has 0 saturated heterocycles. The minimum atomic E-state index is -3.61. The highest BCUT2D eigenvalue weighted by Gasteiger charge is 2.29. The fourth-order valence-corrected chi connectivity index (χ4v) is 5.17. The van der Waals surface area contributed by atoms with Gasteiger partial charge in [0.05, 0.1) is 18.6 Å². The Morgan fingerprint density at radius 2 is 1.62 bits per heavy atom. The van der Waals surface area contributed by atoms with E-state index in [1.54, 1.807) is 29.2 Å². The van der Waals surface area contributed by atoms with Crippen LogP contribution in [0.25, 0.3) is 0 Å². The zero-order valence-corrected chi connectivity index (χ0v) is 23.5. The molecule has 2 aromatic carbocycles. The largest absolute Gasteiger partial charge is 0.492 e. The molecule has 204 valence electrons. The summed E-state index contributed by atoms with van der Waals surface area (Å²) >= 11 is 0. The third-order valence-corrected chi connectivity index (χ3v) is 7.07. The van der Waals surface area contributed by atoms with Crippen LogP contribution in [0.3, 0.4) is 0 Å². The number of carbonyl (C=O) groups is 2. The molecule has 0 saturated carbocycles. The summed E-state index contributed by atoms with van der Waals surface area (Å²) < 4.78 is 32.2. The molecule has 2 amide bonds. The lowest BCUT2D eigenvalue weighted by Crippen LogP contribution is -2.51. The van der Waals surface area contributed by atoms with Crippen molar-refractivity contribution in [1.82, 2.24) is 10.2 Å². The van der Waals surface area contributed by atoms with Crippen molar-refractivity contribution in [2.75, 3.05) is 30.3 Å². The number of sulfonamides is 1. The fourth-order valence-electron chi connectivity index (χ4n) is 4.20. The summed E-state index contributed by atoms with van der Waals surface area (Å²) in [5, 5.41) is 2.93. The number of ether oxygens (including phenoxy) is 1. The molecule has 0 heterocycles. The van der Waals surface area contributed by atoms with E-state index in [4.69, 9.17) is 4.74 Å². The van der Waals surface area contributed by atoms with Gasteiger partial charge in [-0.2, -0.15) is 0 Å². The van der Waals surface area contributed by atoms with Crippen molar-refractivity contribution in [1.29, 1.82) is 0 Å². The van der Waals surface area contributed by atoms with Gasteiger partial charge >= 0.3 is 0 Å². The van der Waals surface area contributed by atoms with Gasteiger partial charge in [-0.05, 0) is 57.7 Å². The van der Waals surface area contributed by atoms with Crippen molar-refractivity contribution in [3.63, 3.8) is 0 Å². The molecule has 0 fully saturated rings. The highest BCUT2D eigenvalue weighted by atomic mass is 32.2. The Hall–Kier alpha value is -3.07. The van der Waals surface area contributed by atoms with Gasteiger partial charge in [-0.1, -0.05) is 49.4 Å². The van der Waals surface area contributed by atoms with Gasteiger partial charge in [0, 0.05) is 25.6 Å². The van der Waals surface area contributed by atoms with E-state index in [0.29, 0.717) is 43.9 Å². The van der Waals surface area contributed by atoms with Crippen LogP contribution in [0.4, 0.5) is 5.69 Å². The molecule has 2 rings (SSSR count).